The van der Waals surface area contributed by atoms with Gasteiger partial charge in [-0.15, -0.1) is 0 Å². The van der Waals surface area contributed by atoms with Gasteiger partial charge in [0.05, 0.1) is 12.8 Å². The average Bonchev–Trinajstić information content (AvgIpc) is 2.80. The van der Waals surface area contributed by atoms with Gasteiger partial charge in [-0.2, -0.15) is 0 Å². The summed E-state index contributed by atoms with van der Waals surface area (Å²) in [4.78, 5) is 19.5. The van der Waals surface area contributed by atoms with E-state index < -0.39 is 0 Å². The summed E-state index contributed by atoms with van der Waals surface area (Å²) in [5.74, 6) is 1.34. The summed E-state index contributed by atoms with van der Waals surface area (Å²) in [6, 6.07) is 11.5. The minimum absolute atomic E-state index is 0.608. The number of rotatable bonds is 11. The summed E-state index contributed by atoms with van der Waals surface area (Å²) in [5.41, 5.74) is 2.39. The molecule has 0 spiro atoms. The van der Waals surface area contributed by atoms with Gasteiger partial charge in [-0.05, 0) is 57.1 Å². The van der Waals surface area contributed by atoms with E-state index in [0.717, 1.165) is 46.4 Å². The summed E-state index contributed by atoms with van der Waals surface area (Å²) >= 11 is 1.51. The van der Waals surface area contributed by atoms with Gasteiger partial charge < -0.3 is 14.8 Å². The van der Waals surface area contributed by atoms with Crippen molar-refractivity contribution in [3.63, 3.8) is 0 Å². The van der Waals surface area contributed by atoms with Crippen molar-refractivity contribution in [3.05, 3.63) is 48.5 Å². The van der Waals surface area contributed by atoms with Crippen molar-refractivity contribution in [1.82, 2.24) is 4.90 Å². The van der Waals surface area contributed by atoms with Crippen molar-refractivity contribution in [2.24, 2.45) is 4.99 Å². The molecule has 32 heavy (non-hydrogen) atoms. The summed E-state index contributed by atoms with van der Waals surface area (Å²) in [6.45, 7) is 9.95. The van der Waals surface area contributed by atoms with E-state index in [-0.39, 0.29) is 0 Å². The molecule has 6 nitrogen and oxygen atoms in total. The van der Waals surface area contributed by atoms with E-state index in [1.807, 2.05) is 43.3 Å². The number of methoxy groups -OCH3 is 1. The summed E-state index contributed by atoms with van der Waals surface area (Å²) in [5, 5.41) is 2.67. The van der Waals surface area contributed by atoms with Crippen LogP contribution >= 0.6 is 11.8 Å². The maximum absolute atomic E-state index is 10.7. The zero-order valence-electron chi connectivity index (χ0n) is 18.8. The number of amides is 1. The highest BCUT2D eigenvalue weighted by atomic mass is 32.2. The Balaban J connectivity index is 1.76. The number of carbonyl (C=O) groups is 1. The highest BCUT2D eigenvalue weighted by molar-refractivity contribution is 8.08. The number of piperidine rings is 1. The van der Waals surface area contributed by atoms with Gasteiger partial charge in [-0.1, -0.05) is 30.8 Å². The third kappa shape index (κ3) is 6.61. The third-order valence-electron chi connectivity index (χ3n) is 5.26. The average molecular weight is 454 g/mol. The van der Waals surface area contributed by atoms with E-state index in [1.165, 1.54) is 31.0 Å². The van der Waals surface area contributed by atoms with E-state index in [4.69, 9.17) is 9.47 Å². The van der Waals surface area contributed by atoms with Crippen LogP contribution < -0.4 is 14.8 Å². The van der Waals surface area contributed by atoms with Gasteiger partial charge in [0.15, 0.2) is 11.5 Å². The minimum atomic E-state index is 0.608. The molecule has 1 saturated heterocycles. The van der Waals surface area contributed by atoms with E-state index in [9.17, 15) is 4.79 Å². The first-order valence-electron chi connectivity index (χ1n) is 10.9. The number of hydrogen-bond acceptors (Lipinski definition) is 6. The van der Waals surface area contributed by atoms with Gasteiger partial charge in [0.1, 0.15) is 6.61 Å². The number of hydrogen-bond donors (Lipinski definition) is 1. The van der Waals surface area contributed by atoms with Crippen molar-refractivity contribution in [3.8, 4) is 11.5 Å². The Morgan fingerprint density at radius 1 is 1.22 bits per heavy atom. The van der Waals surface area contributed by atoms with Crippen LogP contribution in [0, 0.1) is 0 Å². The van der Waals surface area contributed by atoms with Gasteiger partial charge in [0, 0.05) is 39.9 Å². The van der Waals surface area contributed by atoms with Crippen LogP contribution in [0.1, 0.15) is 31.7 Å². The SMILES string of the molecule is C=C(Sc1cccc(NC=O)c1)c1cc(OC)c(OCCN2CCCCC2)cc1N=CC. The number of carbonyl (C=O) groups excluding carboxylic acids is 1. The first kappa shape index (κ1) is 23.9. The van der Waals surface area contributed by atoms with Crippen molar-refractivity contribution in [2.45, 2.75) is 31.1 Å². The normalized spacial score (nSPS) is 14.3. The van der Waals surface area contributed by atoms with Crippen LogP contribution in [0.5, 0.6) is 11.5 Å². The van der Waals surface area contributed by atoms with Gasteiger partial charge in [0.25, 0.3) is 0 Å². The molecular formula is C25H31N3O3S. The second kappa shape index (κ2) is 12.3. The molecule has 0 aliphatic carbocycles. The van der Waals surface area contributed by atoms with Crippen LogP contribution in [0.25, 0.3) is 4.91 Å². The Bertz CT molecular complexity index is 955. The number of anilines is 1. The van der Waals surface area contributed by atoms with E-state index >= 15 is 0 Å². The lowest BCUT2D eigenvalue weighted by molar-refractivity contribution is -0.105. The predicted octanol–water partition coefficient (Wildman–Crippen LogP) is 5.61. The molecule has 0 unspecified atom stereocenters. The standard InChI is InChI=1S/C25H31N3O3S/c1-4-26-23-17-25(31-14-13-28-11-6-5-7-12-28)24(30-3)16-22(23)19(2)32-21-10-8-9-20(15-21)27-18-29/h4,8-10,15-18H,2,5-7,11-14H2,1,3H3,(H,27,29). The van der Waals surface area contributed by atoms with Gasteiger partial charge in [-0.25, -0.2) is 0 Å². The Morgan fingerprint density at radius 3 is 2.75 bits per heavy atom. The first-order chi connectivity index (χ1) is 15.6. The highest BCUT2D eigenvalue weighted by Crippen LogP contribution is 2.43. The summed E-state index contributed by atoms with van der Waals surface area (Å²) in [7, 11) is 1.64. The number of ether oxygens (including phenoxy) is 2. The Labute approximate surface area is 194 Å². The van der Waals surface area contributed by atoms with Crippen LogP contribution in [0.4, 0.5) is 11.4 Å². The quantitative estimate of drug-likeness (QED) is 0.272. The van der Waals surface area contributed by atoms with Crippen molar-refractivity contribution in [2.75, 3.05) is 38.7 Å². The van der Waals surface area contributed by atoms with Gasteiger partial charge in [-0.3, -0.25) is 14.7 Å². The second-order valence-electron chi connectivity index (χ2n) is 7.47. The van der Waals surface area contributed by atoms with Crippen LogP contribution in [0.15, 0.2) is 52.9 Å². The van der Waals surface area contributed by atoms with Crippen molar-refractivity contribution in [1.29, 1.82) is 0 Å². The number of nitrogens with one attached hydrogen (secondary N) is 1. The maximum atomic E-state index is 10.7. The molecular weight excluding hydrogens is 422 g/mol. The van der Waals surface area contributed by atoms with Gasteiger partial charge >= 0.3 is 0 Å². The largest absolute Gasteiger partial charge is 0.493 e. The number of aliphatic imine (C=N–C) groups is 1. The molecule has 0 aromatic heterocycles. The molecule has 0 saturated carbocycles. The fraction of sp³-hybridized carbons (Fsp3) is 0.360. The second-order valence-corrected chi connectivity index (χ2v) is 8.64. The molecule has 3 rings (SSSR count). The molecule has 0 bridgehead atoms. The molecule has 1 amide bonds. The molecule has 2 aromatic rings. The van der Waals surface area contributed by atoms with Crippen LogP contribution in [0.3, 0.4) is 0 Å². The Kier molecular flexibility index (Phi) is 9.19. The number of nitrogens with zero attached hydrogens (tertiary/aromatic N) is 2. The van der Waals surface area contributed by atoms with Gasteiger partial charge in [0.2, 0.25) is 6.41 Å². The molecule has 0 radical (unpaired) electrons. The molecule has 170 valence electrons. The monoisotopic (exact) mass is 453 g/mol. The first-order valence-corrected chi connectivity index (χ1v) is 11.7. The van der Waals surface area contributed by atoms with Crippen molar-refractivity contribution < 1.29 is 14.3 Å². The Morgan fingerprint density at radius 2 is 2.03 bits per heavy atom. The van der Waals surface area contributed by atoms with Crippen LogP contribution in [-0.4, -0.2) is 50.9 Å². The lowest BCUT2D eigenvalue weighted by atomic mass is 10.1. The fourth-order valence-corrected chi connectivity index (χ4v) is 4.56. The number of benzene rings is 2. The van der Waals surface area contributed by atoms with E-state index in [2.05, 4.69) is 21.8 Å². The number of likely N-dealkylation sites (tertiary alicyclic amines) is 1. The topological polar surface area (TPSA) is 63.2 Å². The highest BCUT2D eigenvalue weighted by Gasteiger charge is 2.16. The van der Waals surface area contributed by atoms with Crippen molar-refractivity contribution >= 4 is 40.7 Å². The summed E-state index contributed by atoms with van der Waals surface area (Å²) in [6.07, 6.45) is 6.28. The zero-order chi connectivity index (χ0) is 22.8. The van der Waals surface area contributed by atoms with E-state index in [1.54, 1.807) is 13.3 Å². The molecule has 2 aromatic carbocycles. The Hall–Kier alpha value is -2.77. The third-order valence-corrected chi connectivity index (χ3v) is 6.22. The predicted molar refractivity (Wildman–Crippen MR) is 134 cm³/mol. The lowest BCUT2D eigenvalue weighted by Gasteiger charge is -2.26. The minimum Gasteiger partial charge on any atom is -0.493 e. The maximum Gasteiger partial charge on any atom is 0.211 e. The molecule has 1 fully saturated rings. The zero-order valence-corrected chi connectivity index (χ0v) is 19.6. The number of thioether (sulfide) groups is 1. The molecule has 1 N–H and O–H groups in total. The smallest absolute Gasteiger partial charge is 0.211 e. The molecule has 7 heteroatoms. The summed E-state index contributed by atoms with van der Waals surface area (Å²) < 4.78 is 11.7. The molecule has 1 aliphatic rings. The van der Waals surface area contributed by atoms with Crippen LogP contribution in [-0.2, 0) is 4.79 Å². The molecule has 1 heterocycles. The molecule has 1 aliphatic heterocycles. The lowest BCUT2D eigenvalue weighted by Crippen LogP contribution is -2.33. The fourth-order valence-electron chi connectivity index (χ4n) is 3.67. The van der Waals surface area contributed by atoms with Crippen LogP contribution in [0.2, 0.25) is 0 Å². The molecule has 0 atom stereocenters. The van der Waals surface area contributed by atoms with E-state index in [0.29, 0.717) is 24.5 Å².